The first-order valence-corrected chi connectivity index (χ1v) is 10.6. The summed E-state index contributed by atoms with van der Waals surface area (Å²) < 4.78 is 14.0. The number of hydrogen-bond donors (Lipinski definition) is 3. The summed E-state index contributed by atoms with van der Waals surface area (Å²) >= 11 is 0. The van der Waals surface area contributed by atoms with Gasteiger partial charge in [-0.1, -0.05) is 0 Å². The molecule has 5 rings (SSSR count). The molecule has 4 aromatic rings. The van der Waals surface area contributed by atoms with E-state index < -0.39 is 0 Å². The maximum Gasteiger partial charge on any atom is 0.229 e. The molecule has 0 saturated carbocycles. The quantitative estimate of drug-likeness (QED) is 0.435. The molecule has 0 unspecified atom stereocenters. The molecule has 0 radical (unpaired) electrons. The second-order valence-electron chi connectivity index (χ2n) is 7.78. The Morgan fingerprint density at radius 1 is 0.938 bits per heavy atom. The maximum absolute atomic E-state index is 14.0. The number of aromatic nitrogens is 3. The molecular formula is C24H24FN7. The first kappa shape index (κ1) is 20.1. The van der Waals surface area contributed by atoms with E-state index in [0.29, 0.717) is 17.2 Å². The highest BCUT2D eigenvalue weighted by atomic mass is 19.1. The zero-order valence-corrected chi connectivity index (χ0v) is 17.8. The molecule has 0 bridgehead atoms. The van der Waals surface area contributed by atoms with Gasteiger partial charge >= 0.3 is 0 Å². The van der Waals surface area contributed by atoms with Gasteiger partial charge in [-0.2, -0.15) is 4.98 Å². The number of anilines is 5. The summed E-state index contributed by atoms with van der Waals surface area (Å²) in [5.41, 5.74) is 4.41. The lowest BCUT2D eigenvalue weighted by Gasteiger charge is -2.29. The van der Waals surface area contributed by atoms with Crippen LogP contribution in [0.25, 0.3) is 10.9 Å². The average Bonchev–Trinajstić information content (AvgIpc) is 2.81. The fourth-order valence-corrected chi connectivity index (χ4v) is 3.93. The molecule has 1 aliphatic rings. The zero-order chi connectivity index (χ0) is 21.9. The molecule has 2 aromatic heterocycles. The first-order chi connectivity index (χ1) is 15.7. The second-order valence-corrected chi connectivity index (χ2v) is 7.78. The minimum atomic E-state index is -0.291. The summed E-state index contributed by atoms with van der Waals surface area (Å²) in [6, 6.07) is 14.8. The summed E-state index contributed by atoms with van der Waals surface area (Å²) in [7, 11) is 0. The predicted octanol–water partition coefficient (Wildman–Crippen LogP) is 4.37. The molecule has 0 atom stereocenters. The van der Waals surface area contributed by atoms with E-state index in [4.69, 9.17) is 0 Å². The van der Waals surface area contributed by atoms with E-state index in [1.165, 1.54) is 17.8 Å². The Hall–Kier alpha value is -3.78. The fraction of sp³-hybridized carbons (Fsp3) is 0.208. The van der Waals surface area contributed by atoms with Crippen LogP contribution in [0.5, 0.6) is 0 Å². The van der Waals surface area contributed by atoms with Crippen LogP contribution in [0.4, 0.5) is 33.2 Å². The molecule has 32 heavy (non-hydrogen) atoms. The number of piperazine rings is 1. The lowest BCUT2D eigenvalue weighted by molar-refractivity contribution is 0.589. The van der Waals surface area contributed by atoms with Gasteiger partial charge in [0.05, 0.1) is 11.2 Å². The van der Waals surface area contributed by atoms with Gasteiger partial charge in [0.1, 0.15) is 11.6 Å². The molecule has 8 heteroatoms. The molecule has 1 aliphatic heterocycles. The third-order valence-corrected chi connectivity index (χ3v) is 5.52. The minimum absolute atomic E-state index is 0.291. The number of halogens is 1. The average molecular weight is 430 g/mol. The van der Waals surface area contributed by atoms with Gasteiger partial charge in [-0.25, -0.2) is 9.37 Å². The van der Waals surface area contributed by atoms with Crippen molar-refractivity contribution in [2.75, 3.05) is 41.7 Å². The number of pyridine rings is 1. The van der Waals surface area contributed by atoms with E-state index in [9.17, 15) is 4.39 Å². The SMILES string of the molecule is Cc1cc(F)cc2c(Nc3ccnc(Nc4ccc(N5CCNCC5)cc4)n3)ccnc12. The molecule has 1 fully saturated rings. The van der Waals surface area contributed by atoms with Crippen LogP contribution in [-0.4, -0.2) is 41.1 Å². The van der Waals surface area contributed by atoms with Gasteiger partial charge in [0.25, 0.3) is 0 Å². The van der Waals surface area contributed by atoms with E-state index in [1.807, 2.05) is 25.1 Å². The van der Waals surface area contributed by atoms with E-state index >= 15 is 0 Å². The van der Waals surface area contributed by atoms with Crippen LogP contribution in [-0.2, 0) is 0 Å². The van der Waals surface area contributed by atoms with Crippen LogP contribution >= 0.6 is 0 Å². The van der Waals surface area contributed by atoms with Gasteiger partial charge in [0, 0.05) is 55.3 Å². The zero-order valence-electron chi connectivity index (χ0n) is 17.8. The summed E-state index contributed by atoms with van der Waals surface area (Å²) in [5.74, 6) is 0.792. The van der Waals surface area contributed by atoms with Crippen molar-refractivity contribution in [1.29, 1.82) is 0 Å². The van der Waals surface area contributed by atoms with E-state index in [0.717, 1.165) is 48.6 Å². The maximum atomic E-state index is 14.0. The highest BCUT2D eigenvalue weighted by Gasteiger charge is 2.11. The molecule has 2 aromatic carbocycles. The molecule has 0 amide bonds. The van der Waals surface area contributed by atoms with Crippen molar-refractivity contribution in [3.8, 4) is 0 Å². The molecule has 0 spiro atoms. The van der Waals surface area contributed by atoms with Crippen LogP contribution in [0.2, 0.25) is 0 Å². The third-order valence-electron chi connectivity index (χ3n) is 5.52. The van der Waals surface area contributed by atoms with Gasteiger partial charge in [-0.05, 0) is 61.0 Å². The Bertz CT molecular complexity index is 1240. The van der Waals surface area contributed by atoms with Crippen molar-refractivity contribution in [3.63, 3.8) is 0 Å². The van der Waals surface area contributed by atoms with Crippen LogP contribution in [0.15, 0.2) is 60.9 Å². The first-order valence-electron chi connectivity index (χ1n) is 10.6. The molecule has 0 aliphatic carbocycles. The number of aryl methyl sites for hydroxylation is 1. The van der Waals surface area contributed by atoms with Crippen molar-refractivity contribution in [2.45, 2.75) is 6.92 Å². The normalized spacial score (nSPS) is 13.9. The molecule has 162 valence electrons. The smallest absolute Gasteiger partial charge is 0.229 e. The number of hydrogen-bond acceptors (Lipinski definition) is 7. The van der Waals surface area contributed by atoms with Gasteiger partial charge in [-0.15, -0.1) is 0 Å². The lowest BCUT2D eigenvalue weighted by atomic mass is 10.1. The lowest BCUT2D eigenvalue weighted by Crippen LogP contribution is -2.43. The van der Waals surface area contributed by atoms with Crippen LogP contribution in [0, 0.1) is 12.7 Å². The molecule has 1 saturated heterocycles. The second kappa shape index (κ2) is 8.76. The number of nitrogens with zero attached hydrogens (tertiary/aromatic N) is 4. The minimum Gasteiger partial charge on any atom is -0.369 e. The van der Waals surface area contributed by atoms with Crippen molar-refractivity contribution in [1.82, 2.24) is 20.3 Å². The van der Waals surface area contributed by atoms with Crippen molar-refractivity contribution in [2.24, 2.45) is 0 Å². The standard InChI is InChI=1S/C24H24FN7/c1-16-14-17(25)15-20-21(6-8-27-23(16)20)30-22-7-9-28-24(31-22)29-18-2-4-19(5-3-18)32-12-10-26-11-13-32/h2-9,14-15,26H,10-13H2,1H3,(H2,27,28,29,30,31). The van der Waals surface area contributed by atoms with Crippen molar-refractivity contribution < 1.29 is 4.39 Å². The largest absolute Gasteiger partial charge is 0.369 e. The Labute approximate surface area is 185 Å². The summed E-state index contributed by atoms with van der Waals surface area (Å²) in [6.07, 6.45) is 3.39. The number of rotatable bonds is 5. The molecular weight excluding hydrogens is 405 g/mol. The van der Waals surface area contributed by atoms with Gasteiger partial charge < -0.3 is 20.9 Å². The third kappa shape index (κ3) is 4.31. The van der Waals surface area contributed by atoms with Crippen LogP contribution < -0.4 is 20.9 Å². The summed E-state index contributed by atoms with van der Waals surface area (Å²) in [5, 5.41) is 10.6. The Morgan fingerprint density at radius 2 is 1.72 bits per heavy atom. The Balaban J connectivity index is 1.34. The van der Waals surface area contributed by atoms with Crippen LogP contribution in [0.1, 0.15) is 5.56 Å². The van der Waals surface area contributed by atoms with E-state index in [-0.39, 0.29) is 5.82 Å². The predicted molar refractivity (Wildman–Crippen MR) is 127 cm³/mol. The molecule has 7 nitrogen and oxygen atoms in total. The Kier molecular flexibility index (Phi) is 5.51. The summed E-state index contributed by atoms with van der Waals surface area (Å²) in [6.45, 7) is 5.88. The van der Waals surface area contributed by atoms with Crippen molar-refractivity contribution in [3.05, 3.63) is 72.3 Å². The number of benzene rings is 2. The monoisotopic (exact) mass is 429 g/mol. The van der Waals surface area contributed by atoms with Crippen LogP contribution in [0.3, 0.4) is 0 Å². The highest BCUT2D eigenvalue weighted by molar-refractivity contribution is 5.94. The highest BCUT2D eigenvalue weighted by Crippen LogP contribution is 2.28. The van der Waals surface area contributed by atoms with E-state index in [2.05, 4.69) is 47.9 Å². The topological polar surface area (TPSA) is 78.0 Å². The number of fused-ring (bicyclic) bond motifs is 1. The fourth-order valence-electron chi connectivity index (χ4n) is 3.93. The summed E-state index contributed by atoms with van der Waals surface area (Å²) in [4.78, 5) is 15.6. The van der Waals surface area contributed by atoms with Crippen molar-refractivity contribution >= 4 is 39.7 Å². The Morgan fingerprint density at radius 3 is 2.53 bits per heavy atom. The van der Waals surface area contributed by atoms with E-state index in [1.54, 1.807) is 18.5 Å². The molecule has 3 N–H and O–H groups in total. The van der Waals surface area contributed by atoms with Gasteiger partial charge in [0.2, 0.25) is 5.95 Å². The molecule has 3 heterocycles. The number of nitrogens with one attached hydrogen (secondary N) is 3. The van der Waals surface area contributed by atoms with Gasteiger partial charge in [0.15, 0.2) is 0 Å². The van der Waals surface area contributed by atoms with Gasteiger partial charge in [-0.3, -0.25) is 4.98 Å².